The van der Waals surface area contributed by atoms with E-state index in [1.54, 1.807) is 0 Å². The second kappa shape index (κ2) is 7.75. The topological polar surface area (TPSA) is 55.8 Å². The van der Waals surface area contributed by atoms with E-state index in [1.807, 2.05) is 60.7 Å². The first-order valence-electron chi connectivity index (χ1n) is 6.52. The number of aliphatic hydroxyl groups is 1. The molecule has 4 nitrogen and oxygen atoms in total. The Labute approximate surface area is 123 Å². The summed E-state index contributed by atoms with van der Waals surface area (Å²) < 4.78 is 10.3. The molecule has 0 saturated heterocycles. The summed E-state index contributed by atoms with van der Waals surface area (Å²) in [4.78, 5) is 11.8. The highest BCUT2D eigenvalue weighted by atomic mass is 16.6. The van der Waals surface area contributed by atoms with Gasteiger partial charge in [0.25, 0.3) is 0 Å². The van der Waals surface area contributed by atoms with Crippen LogP contribution in [0.2, 0.25) is 0 Å². The maximum absolute atomic E-state index is 11.8. The molecule has 2 aromatic rings. The van der Waals surface area contributed by atoms with Crippen LogP contribution in [0.5, 0.6) is 0 Å². The lowest BCUT2D eigenvalue weighted by molar-refractivity contribution is -0.144. The van der Waals surface area contributed by atoms with E-state index < -0.39 is 5.97 Å². The van der Waals surface area contributed by atoms with Gasteiger partial charge in [-0.1, -0.05) is 60.7 Å². The molecule has 1 N–H and O–H groups in total. The highest BCUT2D eigenvalue weighted by Gasteiger charge is 2.13. The Balaban J connectivity index is 1.84. The van der Waals surface area contributed by atoms with Crippen molar-refractivity contribution < 1.29 is 19.4 Å². The van der Waals surface area contributed by atoms with Gasteiger partial charge in [-0.15, -0.1) is 0 Å². The molecular weight excluding hydrogens is 268 g/mol. The van der Waals surface area contributed by atoms with Gasteiger partial charge in [-0.05, 0) is 11.1 Å². The van der Waals surface area contributed by atoms with E-state index in [0.717, 1.165) is 11.1 Å². The first-order valence-corrected chi connectivity index (χ1v) is 6.52. The van der Waals surface area contributed by atoms with Gasteiger partial charge in [0.2, 0.25) is 5.76 Å². The Hall–Kier alpha value is -2.75. The van der Waals surface area contributed by atoms with Crippen molar-refractivity contribution in [1.82, 2.24) is 0 Å². The standard InChI is InChI=1S/C17H16O4/c18-11-16(20-12-14-7-3-1-4-8-14)17(19)21-13-15-9-5-2-6-10-15/h1-11,18H,12-13H2. The van der Waals surface area contributed by atoms with E-state index in [1.165, 1.54) is 0 Å². The molecule has 2 aromatic carbocycles. The van der Waals surface area contributed by atoms with Crippen molar-refractivity contribution in [2.45, 2.75) is 13.2 Å². The van der Waals surface area contributed by atoms with Crippen LogP contribution < -0.4 is 0 Å². The van der Waals surface area contributed by atoms with Crippen LogP contribution in [0, 0.1) is 0 Å². The van der Waals surface area contributed by atoms with Gasteiger partial charge >= 0.3 is 5.97 Å². The highest BCUT2D eigenvalue weighted by Crippen LogP contribution is 2.09. The minimum absolute atomic E-state index is 0.131. The molecule has 0 amide bonds. The van der Waals surface area contributed by atoms with Crippen LogP contribution in [0.25, 0.3) is 0 Å². The first-order chi connectivity index (χ1) is 10.3. The van der Waals surface area contributed by atoms with E-state index >= 15 is 0 Å². The average molecular weight is 284 g/mol. The monoisotopic (exact) mass is 284 g/mol. The lowest BCUT2D eigenvalue weighted by Gasteiger charge is -2.09. The number of aliphatic hydroxyl groups excluding tert-OH is 1. The lowest BCUT2D eigenvalue weighted by atomic mass is 10.2. The molecule has 0 fully saturated rings. The maximum atomic E-state index is 11.8. The number of carbonyl (C=O) groups is 1. The number of hydrogen-bond donors (Lipinski definition) is 1. The molecular formula is C17H16O4. The zero-order chi connectivity index (χ0) is 14.9. The molecule has 0 aliphatic carbocycles. The zero-order valence-electron chi connectivity index (χ0n) is 11.4. The second-order valence-electron chi connectivity index (χ2n) is 4.33. The largest absolute Gasteiger partial charge is 0.511 e. The van der Waals surface area contributed by atoms with Crippen LogP contribution in [-0.4, -0.2) is 11.1 Å². The molecule has 0 spiro atoms. The molecule has 0 aromatic heterocycles. The van der Waals surface area contributed by atoms with Crippen molar-refractivity contribution in [1.29, 1.82) is 0 Å². The summed E-state index contributed by atoms with van der Waals surface area (Å²) in [5, 5.41) is 9.08. The van der Waals surface area contributed by atoms with Gasteiger partial charge < -0.3 is 14.6 Å². The van der Waals surface area contributed by atoms with Gasteiger partial charge in [0.15, 0.2) is 0 Å². The fourth-order valence-electron chi connectivity index (χ4n) is 1.68. The van der Waals surface area contributed by atoms with Crippen molar-refractivity contribution in [3.8, 4) is 0 Å². The predicted octanol–water partition coefficient (Wildman–Crippen LogP) is 3.35. The van der Waals surface area contributed by atoms with Gasteiger partial charge in [0, 0.05) is 0 Å². The number of carbonyl (C=O) groups excluding carboxylic acids is 1. The predicted molar refractivity (Wildman–Crippen MR) is 78.2 cm³/mol. The van der Waals surface area contributed by atoms with Gasteiger partial charge in [0.05, 0.1) is 0 Å². The zero-order valence-corrected chi connectivity index (χ0v) is 11.4. The van der Waals surface area contributed by atoms with Crippen LogP contribution in [0.4, 0.5) is 0 Å². The Morgan fingerprint density at radius 2 is 1.33 bits per heavy atom. The SMILES string of the molecule is O=C(OCc1ccccc1)C(=CO)OCc1ccccc1. The van der Waals surface area contributed by atoms with Crippen molar-refractivity contribution in [3.63, 3.8) is 0 Å². The number of ether oxygens (including phenoxy) is 2. The van der Waals surface area contributed by atoms with Gasteiger partial charge in [0.1, 0.15) is 19.5 Å². The normalized spacial score (nSPS) is 11.0. The molecule has 0 heterocycles. The van der Waals surface area contributed by atoms with Crippen molar-refractivity contribution in [2.75, 3.05) is 0 Å². The maximum Gasteiger partial charge on any atom is 0.377 e. The van der Waals surface area contributed by atoms with Crippen LogP contribution >= 0.6 is 0 Å². The summed E-state index contributed by atoms with van der Waals surface area (Å²) in [5.41, 5.74) is 1.76. The minimum atomic E-state index is -0.697. The molecule has 0 saturated carbocycles. The Kier molecular flexibility index (Phi) is 5.41. The molecule has 0 bridgehead atoms. The van der Waals surface area contributed by atoms with Gasteiger partial charge in [-0.25, -0.2) is 4.79 Å². The molecule has 2 rings (SSSR count). The summed E-state index contributed by atoms with van der Waals surface area (Å²) in [6, 6.07) is 18.7. The van der Waals surface area contributed by atoms with Gasteiger partial charge in [-0.2, -0.15) is 0 Å². The number of esters is 1. The fraction of sp³-hybridized carbons (Fsp3) is 0.118. The van der Waals surface area contributed by atoms with E-state index in [-0.39, 0.29) is 19.0 Å². The van der Waals surface area contributed by atoms with Crippen molar-refractivity contribution >= 4 is 5.97 Å². The van der Waals surface area contributed by atoms with Crippen LogP contribution in [0.3, 0.4) is 0 Å². The molecule has 21 heavy (non-hydrogen) atoms. The number of hydrogen-bond acceptors (Lipinski definition) is 4. The summed E-state index contributed by atoms with van der Waals surface area (Å²) in [5.74, 6) is -0.910. The van der Waals surface area contributed by atoms with E-state index in [4.69, 9.17) is 14.6 Å². The quantitative estimate of drug-likeness (QED) is 0.502. The molecule has 4 heteroatoms. The molecule has 0 aliphatic heterocycles. The van der Waals surface area contributed by atoms with Crippen LogP contribution in [0.15, 0.2) is 72.7 Å². The summed E-state index contributed by atoms with van der Waals surface area (Å²) >= 11 is 0. The van der Waals surface area contributed by atoms with Crippen molar-refractivity contribution in [3.05, 3.63) is 83.8 Å². The first kappa shape index (κ1) is 14.7. The molecule has 0 atom stereocenters. The molecule has 0 radical (unpaired) electrons. The summed E-state index contributed by atoms with van der Waals surface area (Å²) in [6.45, 7) is 0.319. The van der Waals surface area contributed by atoms with E-state index in [9.17, 15) is 4.79 Å². The second-order valence-corrected chi connectivity index (χ2v) is 4.33. The molecule has 108 valence electrons. The average Bonchev–Trinajstić information content (AvgIpc) is 2.55. The summed E-state index contributed by atoms with van der Waals surface area (Å²) in [6.07, 6.45) is 0.621. The third-order valence-electron chi connectivity index (χ3n) is 2.77. The third-order valence-corrected chi connectivity index (χ3v) is 2.77. The smallest absolute Gasteiger partial charge is 0.377 e. The van der Waals surface area contributed by atoms with Crippen molar-refractivity contribution in [2.24, 2.45) is 0 Å². The Bertz CT molecular complexity index is 591. The van der Waals surface area contributed by atoms with E-state index in [0.29, 0.717) is 6.26 Å². The summed E-state index contributed by atoms with van der Waals surface area (Å²) in [7, 11) is 0. The Morgan fingerprint density at radius 3 is 1.81 bits per heavy atom. The van der Waals surface area contributed by atoms with Crippen LogP contribution in [0.1, 0.15) is 11.1 Å². The third kappa shape index (κ3) is 4.69. The fourth-order valence-corrected chi connectivity index (χ4v) is 1.68. The van der Waals surface area contributed by atoms with Gasteiger partial charge in [-0.3, -0.25) is 0 Å². The Morgan fingerprint density at radius 1 is 0.857 bits per heavy atom. The minimum Gasteiger partial charge on any atom is -0.511 e. The van der Waals surface area contributed by atoms with E-state index in [2.05, 4.69) is 0 Å². The van der Waals surface area contributed by atoms with Crippen LogP contribution in [-0.2, 0) is 27.5 Å². The number of rotatable bonds is 6. The lowest BCUT2D eigenvalue weighted by Crippen LogP contribution is -2.11. The molecule has 0 unspecified atom stereocenters. The number of benzene rings is 2. The molecule has 0 aliphatic rings. The highest BCUT2D eigenvalue weighted by molar-refractivity contribution is 5.85.